The maximum absolute atomic E-state index is 15.1. The molecule has 1 fully saturated rings. The highest BCUT2D eigenvalue weighted by Crippen LogP contribution is 2.40. The minimum atomic E-state index is -4.89. The Morgan fingerprint density at radius 3 is 2.34 bits per heavy atom. The van der Waals surface area contributed by atoms with Crippen molar-refractivity contribution in [2.24, 2.45) is 0 Å². The van der Waals surface area contributed by atoms with Gasteiger partial charge in [-0.2, -0.15) is 31.6 Å². The van der Waals surface area contributed by atoms with Gasteiger partial charge in [0, 0.05) is 17.8 Å². The zero-order valence-electron chi connectivity index (χ0n) is 20.8. The average Bonchev–Trinajstić information content (AvgIpc) is 3.44. The summed E-state index contributed by atoms with van der Waals surface area (Å²) >= 11 is 5.88. The van der Waals surface area contributed by atoms with Gasteiger partial charge < -0.3 is 10.2 Å². The predicted octanol–water partition coefficient (Wildman–Crippen LogP) is 6.04. The molecule has 2 amide bonds. The summed E-state index contributed by atoms with van der Waals surface area (Å²) in [4.78, 5) is 30.1. The molecule has 3 aromatic rings. The van der Waals surface area contributed by atoms with E-state index in [1.54, 1.807) is 0 Å². The summed E-state index contributed by atoms with van der Waals surface area (Å²) in [5.74, 6) is -2.72. The lowest BCUT2D eigenvalue weighted by Crippen LogP contribution is -2.44. The maximum atomic E-state index is 15.1. The first-order valence-electron chi connectivity index (χ1n) is 11.4. The number of nitrogens with one attached hydrogen (secondary N) is 1. The molecule has 4 rings (SSSR count). The van der Waals surface area contributed by atoms with Crippen LogP contribution in [0.4, 0.5) is 42.1 Å². The van der Waals surface area contributed by atoms with Gasteiger partial charge in [-0.25, -0.2) is 9.37 Å². The van der Waals surface area contributed by atoms with E-state index in [0.29, 0.717) is 17.4 Å². The summed E-state index contributed by atoms with van der Waals surface area (Å²) in [7, 11) is 0. The molecule has 2 heterocycles. The number of thiazole rings is 1. The molecule has 41 heavy (non-hydrogen) atoms. The third-order valence-electron chi connectivity index (χ3n) is 6.13. The molecule has 0 unspecified atom stereocenters. The van der Waals surface area contributed by atoms with Crippen LogP contribution in [-0.2, 0) is 23.7 Å². The number of thiocarbonyl (C=S) groups is 1. The molecule has 0 saturated carbocycles. The minimum absolute atomic E-state index is 0.0509. The second-order valence-corrected chi connectivity index (χ2v) is 10.4. The molecule has 0 atom stereocenters. The standard InChI is InChI=1S/C25H16F7N5O2S2/c1-23(2)21(39)36(14-5-3-12(9-33)16(7-14)24(27,28)29)22(40)37(23)15-6-4-13(17(26)8-15)10-34-20(38)18-19(25(30,31)32)35-11-41-18/h3-8,11H,10H2,1-2H3,(H,34,38). The van der Waals surface area contributed by atoms with Gasteiger partial charge in [-0.05, 0) is 56.4 Å². The number of halogens is 7. The van der Waals surface area contributed by atoms with Crippen LogP contribution in [-0.4, -0.2) is 27.4 Å². The van der Waals surface area contributed by atoms with Crippen molar-refractivity contribution in [1.29, 1.82) is 5.26 Å². The second kappa shape index (κ2) is 10.4. The number of alkyl halides is 6. The fraction of sp³-hybridized carbons (Fsp3) is 0.240. The third kappa shape index (κ3) is 5.46. The fourth-order valence-corrected chi connectivity index (χ4v) is 5.39. The van der Waals surface area contributed by atoms with Crippen LogP contribution in [0.5, 0.6) is 0 Å². The monoisotopic (exact) mass is 615 g/mol. The normalized spacial score (nSPS) is 15.3. The highest BCUT2D eigenvalue weighted by molar-refractivity contribution is 7.81. The molecule has 0 aliphatic carbocycles. The topological polar surface area (TPSA) is 89.3 Å². The number of hydrogen-bond donors (Lipinski definition) is 1. The summed E-state index contributed by atoms with van der Waals surface area (Å²) in [5, 5.41) is 11.0. The fourth-order valence-electron chi connectivity index (χ4n) is 4.14. The summed E-state index contributed by atoms with van der Waals surface area (Å²) in [6.45, 7) is 2.37. The van der Waals surface area contributed by atoms with Crippen LogP contribution < -0.4 is 15.1 Å². The van der Waals surface area contributed by atoms with Crippen LogP contribution in [0.2, 0.25) is 0 Å². The van der Waals surface area contributed by atoms with Crippen molar-refractivity contribution in [1.82, 2.24) is 10.3 Å². The first kappa shape index (κ1) is 29.9. The molecule has 1 aliphatic rings. The number of nitriles is 1. The number of carbonyl (C=O) groups excluding carboxylic acids is 2. The third-order valence-corrected chi connectivity index (χ3v) is 7.32. The average molecular weight is 616 g/mol. The first-order chi connectivity index (χ1) is 19.0. The summed E-state index contributed by atoms with van der Waals surface area (Å²) in [6, 6.07) is 7.66. The van der Waals surface area contributed by atoms with Gasteiger partial charge in [-0.3, -0.25) is 14.5 Å². The van der Waals surface area contributed by atoms with E-state index in [2.05, 4.69) is 10.3 Å². The van der Waals surface area contributed by atoms with E-state index in [0.717, 1.165) is 28.6 Å². The number of rotatable bonds is 5. The van der Waals surface area contributed by atoms with Gasteiger partial charge in [0.25, 0.3) is 11.8 Å². The van der Waals surface area contributed by atoms with Crippen LogP contribution in [0, 0.1) is 17.1 Å². The Bertz CT molecular complexity index is 1610. The zero-order chi connectivity index (χ0) is 30.5. The molecule has 1 aliphatic heterocycles. The van der Waals surface area contributed by atoms with E-state index in [9.17, 15) is 35.9 Å². The summed E-state index contributed by atoms with van der Waals surface area (Å²) < 4.78 is 94.7. The number of benzene rings is 2. The maximum Gasteiger partial charge on any atom is 0.434 e. The number of hydrogen-bond acceptors (Lipinski definition) is 6. The van der Waals surface area contributed by atoms with Gasteiger partial charge in [0.15, 0.2) is 10.8 Å². The number of amides is 2. The Kier molecular flexibility index (Phi) is 7.56. The highest BCUT2D eigenvalue weighted by atomic mass is 32.1. The van der Waals surface area contributed by atoms with E-state index < -0.39 is 63.8 Å². The lowest BCUT2D eigenvalue weighted by atomic mass is 10.0. The summed E-state index contributed by atoms with van der Waals surface area (Å²) in [6.07, 6.45) is -9.73. The van der Waals surface area contributed by atoms with Crippen molar-refractivity contribution in [2.75, 3.05) is 9.80 Å². The Balaban J connectivity index is 1.60. The molecule has 1 saturated heterocycles. The van der Waals surface area contributed by atoms with E-state index in [4.69, 9.17) is 17.5 Å². The zero-order valence-corrected chi connectivity index (χ0v) is 22.4. The molecule has 16 heteroatoms. The molecule has 0 bridgehead atoms. The number of aromatic nitrogens is 1. The van der Waals surface area contributed by atoms with Gasteiger partial charge in [-0.15, -0.1) is 11.3 Å². The Labute approximate surface area is 236 Å². The molecule has 214 valence electrons. The Morgan fingerprint density at radius 1 is 1.10 bits per heavy atom. The lowest BCUT2D eigenvalue weighted by Gasteiger charge is -2.29. The molecule has 1 aromatic heterocycles. The van der Waals surface area contributed by atoms with Crippen LogP contribution >= 0.6 is 23.6 Å². The molecule has 1 N–H and O–H groups in total. The minimum Gasteiger partial charge on any atom is -0.347 e. The van der Waals surface area contributed by atoms with Gasteiger partial charge in [0.2, 0.25) is 0 Å². The Hall–Kier alpha value is -4.10. The van der Waals surface area contributed by atoms with Crippen LogP contribution in [0.1, 0.15) is 45.9 Å². The van der Waals surface area contributed by atoms with Gasteiger partial charge in [0.05, 0.1) is 28.4 Å². The quantitative estimate of drug-likeness (QED) is 0.278. The van der Waals surface area contributed by atoms with Crippen molar-refractivity contribution in [3.63, 3.8) is 0 Å². The van der Waals surface area contributed by atoms with Gasteiger partial charge in [-0.1, -0.05) is 6.07 Å². The molecule has 7 nitrogen and oxygen atoms in total. The Morgan fingerprint density at radius 2 is 1.76 bits per heavy atom. The molecule has 2 aromatic carbocycles. The van der Waals surface area contributed by atoms with Gasteiger partial charge in [0.1, 0.15) is 16.2 Å². The second-order valence-electron chi connectivity index (χ2n) is 9.14. The predicted molar refractivity (Wildman–Crippen MR) is 137 cm³/mol. The van der Waals surface area contributed by atoms with Crippen molar-refractivity contribution < 1.29 is 40.3 Å². The molecular weight excluding hydrogens is 599 g/mol. The number of anilines is 2. The van der Waals surface area contributed by atoms with Crippen LogP contribution in [0.3, 0.4) is 0 Å². The highest BCUT2D eigenvalue weighted by Gasteiger charge is 2.51. The van der Waals surface area contributed by atoms with E-state index >= 15 is 4.39 Å². The number of nitrogens with zero attached hydrogens (tertiary/aromatic N) is 4. The van der Waals surface area contributed by atoms with Gasteiger partial charge >= 0.3 is 12.4 Å². The van der Waals surface area contributed by atoms with Crippen molar-refractivity contribution >= 4 is 51.9 Å². The van der Waals surface area contributed by atoms with E-state index in [1.165, 1.54) is 36.9 Å². The van der Waals surface area contributed by atoms with Crippen molar-refractivity contribution in [3.05, 3.63) is 75.0 Å². The lowest BCUT2D eigenvalue weighted by molar-refractivity contribution is -0.141. The van der Waals surface area contributed by atoms with E-state index in [-0.39, 0.29) is 22.1 Å². The van der Waals surface area contributed by atoms with Crippen LogP contribution in [0.25, 0.3) is 0 Å². The van der Waals surface area contributed by atoms with Crippen LogP contribution in [0.15, 0.2) is 41.9 Å². The number of carbonyl (C=O) groups is 2. The molecule has 0 radical (unpaired) electrons. The van der Waals surface area contributed by atoms with E-state index in [1.807, 2.05) is 0 Å². The SMILES string of the molecule is CC1(C)C(=O)N(c2ccc(C#N)c(C(F)(F)F)c2)C(=S)N1c1ccc(CNC(=O)c2scnc2C(F)(F)F)c(F)c1. The van der Waals surface area contributed by atoms with Crippen molar-refractivity contribution in [3.8, 4) is 6.07 Å². The van der Waals surface area contributed by atoms with Crippen molar-refractivity contribution in [2.45, 2.75) is 38.3 Å². The largest absolute Gasteiger partial charge is 0.434 e. The molecular formula is C25H16F7N5O2S2. The molecule has 0 spiro atoms. The summed E-state index contributed by atoms with van der Waals surface area (Å²) in [5.41, 5.74) is -4.19. The smallest absolute Gasteiger partial charge is 0.347 e. The first-order valence-corrected chi connectivity index (χ1v) is 12.6.